The molecule has 0 saturated heterocycles. The average Bonchev–Trinajstić information content (AvgIpc) is 2.38. The number of thiol groups is 1. The Labute approximate surface area is 121 Å². The molecule has 110 valence electrons. The monoisotopic (exact) mass is 286 g/mol. The fraction of sp³-hybridized carbons (Fsp3) is 0.857. The minimum atomic E-state index is -0.519. The Morgan fingerprint density at radius 1 is 1.26 bits per heavy atom. The molecule has 2 N–H and O–H groups in total. The minimum absolute atomic E-state index is 0.107. The number of amides is 2. The van der Waals surface area contributed by atoms with Crippen molar-refractivity contribution in [3.63, 3.8) is 0 Å². The molecule has 0 aromatic rings. The summed E-state index contributed by atoms with van der Waals surface area (Å²) in [5, 5.41) is 5.66. The van der Waals surface area contributed by atoms with Gasteiger partial charge in [-0.3, -0.25) is 9.59 Å². The molecule has 19 heavy (non-hydrogen) atoms. The van der Waals surface area contributed by atoms with Crippen molar-refractivity contribution in [1.82, 2.24) is 10.6 Å². The van der Waals surface area contributed by atoms with Gasteiger partial charge >= 0.3 is 0 Å². The van der Waals surface area contributed by atoms with Crippen LogP contribution in [0.3, 0.4) is 0 Å². The summed E-state index contributed by atoms with van der Waals surface area (Å²) in [5.74, 6) is 0.857. The van der Waals surface area contributed by atoms with E-state index in [-0.39, 0.29) is 17.9 Å². The zero-order valence-electron chi connectivity index (χ0n) is 11.9. The standard InChI is InChI=1S/C14H26N2O2S/c1-3-4-11-5-7-12(8-6-11)16-14(18)13(9-19)15-10(2)17/h11-13,19H,3-9H2,1-2H3,(H,15,17)(H,16,18). The lowest BCUT2D eigenvalue weighted by molar-refractivity contribution is -0.128. The Hall–Kier alpha value is -0.710. The number of nitrogens with one attached hydrogen (secondary N) is 2. The van der Waals surface area contributed by atoms with E-state index >= 15 is 0 Å². The lowest BCUT2D eigenvalue weighted by Gasteiger charge is -2.30. The van der Waals surface area contributed by atoms with Crippen molar-refractivity contribution in [3.05, 3.63) is 0 Å². The molecule has 1 aliphatic carbocycles. The molecule has 0 aromatic heterocycles. The van der Waals surface area contributed by atoms with Crippen molar-refractivity contribution < 1.29 is 9.59 Å². The van der Waals surface area contributed by atoms with E-state index in [0.717, 1.165) is 18.8 Å². The third-order valence-corrected chi connectivity index (χ3v) is 4.13. The highest BCUT2D eigenvalue weighted by Crippen LogP contribution is 2.27. The lowest BCUT2D eigenvalue weighted by Crippen LogP contribution is -2.50. The maximum atomic E-state index is 12.0. The largest absolute Gasteiger partial charge is 0.352 e. The van der Waals surface area contributed by atoms with Gasteiger partial charge in [0.05, 0.1) is 0 Å². The van der Waals surface area contributed by atoms with Crippen LogP contribution in [-0.2, 0) is 9.59 Å². The van der Waals surface area contributed by atoms with Gasteiger partial charge < -0.3 is 10.6 Å². The van der Waals surface area contributed by atoms with Gasteiger partial charge in [0, 0.05) is 18.7 Å². The molecular weight excluding hydrogens is 260 g/mol. The van der Waals surface area contributed by atoms with Gasteiger partial charge in [-0.15, -0.1) is 0 Å². The number of hydrogen-bond acceptors (Lipinski definition) is 3. The van der Waals surface area contributed by atoms with Crippen LogP contribution in [0.2, 0.25) is 0 Å². The highest BCUT2D eigenvalue weighted by Gasteiger charge is 2.25. The zero-order chi connectivity index (χ0) is 14.3. The molecule has 0 bridgehead atoms. The summed E-state index contributed by atoms with van der Waals surface area (Å²) in [4.78, 5) is 23.0. The zero-order valence-corrected chi connectivity index (χ0v) is 12.8. The number of carbonyl (C=O) groups is 2. The molecule has 5 heteroatoms. The summed E-state index contributed by atoms with van der Waals surface area (Å²) >= 11 is 4.11. The van der Waals surface area contributed by atoms with Gasteiger partial charge in [-0.25, -0.2) is 0 Å². The highest BCUT2D eigenvalue weighted by molar-refractivity contribution is 7.80. The second kappa shape index (κ2) is 8.46. The molecule has 1 saturated carbocycles. The maximum Gasteiger partial charge on any atom is 0.243 e. The quantitative estimate of drug-likeness (QED) is 0.653. The normalized spacial score (nSPS) is 24.6. The summed E-state index contributed by atoms with van der Waals surface area (Å²) in [6.07, 6.45) is 7.04. The van der Waals surface area contributed by atoms with E-state index in [1.807, 2.05) is 0 Å². The van der Waals surface area contributed by atoms with Crippen LogP contribution in [0.4, 0.5) is 0 Å². The predicted octanol–water partition coefficient (Wildman–Crippen LogP) is 1.90. The Bertz CT molecular complexity index is 302. The molecular formula is C14H26N2O2S. The SMILES string of the molecule is CCCC1CCC(NC(=O)C(CS)NC(C)=O)CC1. The lowest BCUT2D eigenvalue weighted by atomic mass is 9.83. The van der Waals surface area contributed by atoms with Gasteiger partial charge in [0.15, 0.2) is 0 Å². The third kappa shape index (κ3) is 5.85. The van der Waals surface area contributed by atoms with Gasteiger partial charge in [0.1, 0.15) is 6.04 Å². The molecule has 1 aliphatic rings. The van der Waals surface area contributed by atoms with Gasteiger partial charge in [0.2, 0.25) is 11.8 Å². The van der Waals surface area contributed by atoms with Gasteiger partial charge in [-0.1, -0.05) is 19.8 Å². The summed E-state index contributed by atoms with van der Waals surface area (Å²) in [6, 6.07) is -0.258. The maximum absolute atomic E-state index is 12.0. The van der Waals surface area contributed by atoms with Crippen molar-refractivity contribution in [2.75, 3.05) is 5.75 Å². The van der Waals surface area contributed by atoms with Crippen LogP contribution in [0.15, 0.2) is 0 Å². The minimum Gasteiger partial charge on any atom is -0.352 e. The molecule has 1 rings (SSSR count). The van der Waals surface area contributed by atoms with Crippen molar-refractivity contribution >= 4 is 24.4 Å². The first-order chi connectivity index (χ1) is 9.06. The van der Waals surface area contributed by atoms with Crippen LogP contribution in [0.25, 0.3) is 0 Å². The van der Waals surface area contributed by atoms with Gasteiger partial charge in [-0.2, -0.15) is 12.6 Å². The molecule has 1 fully saturated rings. The van der Waals surface area contributed by atoms with E-state index in [1.54, 1.807) is 0 Å². The molecule has 0 aliphatic heterocycles. The van der Waals surface area contributed by atoms with E-state index in [4.69, 9.17) is 0 Å². The fourth-order valence-electron chi connectivity index (χ4n) is 2.74. The molecule has 1 unspecified atom stereocenters. The fourth-order valence-corrected chi connectivity index (χ4v) is 3.00. The smallest absolute Gasteiger partial charge is 0.243 e. The van der Waals surface area contributed by atoms with Crippen LogP contribution in [0.5, 0.6) is 0 Å². The average molecular weight is 286 g/mol. The Morgan fingerprint density at radius 3 is 2.37 bits per heavy atom. The van der Waals surface area contributed by atoms with Crippen molar-refractivity contribution in [3.8, 4) is 0 Å². The van der Waals surface area contributed by atoms with E-state index in [1.165, 1.54) is 32.6 Å². The first-order valence-electron chi connectivity index (χ1n) is 7.25. The van der Waals surface area contributed by atoms with Gasteiger partial charge in [-0.05, 0) is 31.6 Å². The second-order valence-electron chi connectivity index (χ2n) is 5.45. The molecule has 0 heterocycles. The van der Waals surface area contributed by atoms with Crippen molar-refractivity contribution in [2.45, 2.75) is 64.5 Å². The van der Waals surface area contributed by atoms with E-state index in [2.05, 4.69) is 30.2 Å². The summed E-state index contributed by atoms with van der Waals surface area (Å²) in [5.41, 5.74) is 0. The molecule has 0 spiro atoms. The molecule has 0 aromatic carbocycles. The summed E-state index contributed by atoms with van der Waals surface area (Å²) < 4.78 is 0. The van der Waals surface area contributed by atoms with Crippen LogP contribution >= 0.6 is 12.6 Å². The number of hydrogen-bond donors (Lipinski definition) is 3. The Balaban J connectivity index is 2.34. The third-order valence-electron chi connectivity index (χ3n) is 3.77. The molecule has 2 amide bonds. The van der Waals surface area contributed by atoms with E-state index < -0.39 is 6.04 Å². The Morgan fingerprint density at radius 2 is 1.89 bits per heavy atom. The van der Waals surface area contributed by atoms with Crippen LogP contribution in [-0.4, -0.2) is 29.7 Å². The van der Waals surface area contributed by atoms with E-state index in [9.17, 15) is 9.59 Å². The predicted molar refractivity (Wildman–Crippen MR) is 80.3 cm³/mol. The first-order valence-corrected chi connectivity index (χ1v) is 7.88. The van der Waals surface area contributed by atoms with Gasteiger partial charge in [0.25, 0.3) is 0 Å². The van der Waals surface area contributed by atoms with Crippen molar-refractivity contribution in [2.24, 2.45) is 5.92 Å². The highest BCUT2D eigenvalue weighted by atomic mass is 32.1. The second-order valence-corrected chi connectivity index (χ2v) is 5.82. The van der Waals surface area contributed by atoms with Crippen molar-refractivity contribution in [1.29, 1.82) is 0 Å². The molecule has 1 atom stereocenters. The summed E-state index contributed by atoms with van der Waals surface area (Å²) in [6.45, 7) is 3.64. The molecule has 0 radical (unpaired) electrons. The van der Waals surface area contributed by atoms with Crippen LogP contribution in [0.1, 0.15) is 52.4 Å². The first kappa shape index (κ1) is 16.3. The van der Waals surface area contributed by atoms with Crippen LogP contribution < -0.4 is 10.6 Å². The van der Waals surface area contributed by atoms with Crippen LogP contribution in [0, 0.1) is 5.92 Å². The topological polar surface area (TPSA) is 58.2 Å². The molecule has 4 nitrogen and oxygen atoms in total. The number of carbonyl (C=O) groups excluding carboxylic acids is 2. The Kier molecular flexibility index (Phi) is 7.28. The summed E-state index contributed by atoms with van der Waals surface area (Å²) in [7, 11) is 0. The van der Waals surface area contributed by atoms with E-state index in [0.29, 0.717) is 5.75 Å². The number of rotatable bonds is 6.